The van der Waals surface area contributed by atoms with Crippen LogP contribution in [0.25, 0.3) is 0 Å². The van der Waals surface area contributed by atoms with Crippen LogP contribution in [0.4, 0.5) is 5.69 Å². The van der Waals surface area contributed by atoms with Crippen LogP contribution in [0.2, 0.25) is 0 Å². The van der Waals surface area contributed by atoms with Crippen molar-refractivity contribution < 1.29 is 9.90 Å². The van der Waals surface area contributed by atoms with Crippen LogP contribution in [-0.2, 0) is 11.3 Å². The van der Waals surface area contributed by atoms with Gasteiger partial charge in [-0.1, -0.05) is 44.7 Å². The van der Waals surface area contributed by atoms with Crippen molar-refractivity contribution in [2.24, 2.45) is 16.8 Å². The summed E-state index contributed by atoms with van der Waals surface area (Å²) >= 11 is 0. The average Bonchev–Trinajstić information content (AvgIpc) is 2.76. The minimum atomic E-state index is 0.149. The molecule has 1 atom stereocenters. The van der Waals surface area contributed by atoms with E-state index in [1.54, 1.807) is 0 Å². The summed E-state index contributed by atoms with van der Waals surface area (Å²) in [7, 11) is 0. The molecule has 0 aromatic heterocycles. The number of carbonyl (C=O) groups excluding carboxylic acids is 1. The van der Waals surface area contributed by atoms with Crippen molar-refractivity contribution >= 4 is 17.6 Å². The summed E-state index contributed by atoms with van der Waals surface area (Å²) in [6.45, 7) is 6.58. The molecule has 1 unspecified atom stereocenters. The Bertz CT molecular complexity index is 650. The van der Waals surface area contributed by atoms with E-state index in [-0.39, 0.29) is 18.4 Å². The van der Waals surface area contributed by atoms with Crippen LogP contribution in [-0.4, -0.2) is 36.7 Å². The molecule has 1 aromatic carbocycles. The maximum atomic E-state index is 12.5. The summed E-state index contributed by atoms with van der Waals surface area (Å²) in [4.78, 5) is 17.2. The van der Waals surface area contributed by atoms with Crippen molar-refractivity contribution in [3.8, 4) is 0 Å². The standard InChI is InChI=1S/C24H40N4O2/c1-3-9-19(14-15-29)17-26-24(25-4-2)27-18-20-10-8-13-22(16-20)28-23(30)21-11-6-5-7-12-21/h8,10,13,16,19,21,29H,3-7,9,11-12,14-15,17-18H2,1-2H3,(H,28,30)(H2,25,26,27). The van der Waals surface area contributed by atoms with Crippen molar-refractivity contribution in [3.63, 3.8) is 0 Å². The number of guanidine groups is 1. The number of anilines is 1. The summed E-state index contributed by atoms with van der Waals surface area (Å²) < 4.78 is 0. The number of aliphatic hydroxyl groups is 1. The lowest BCUT2D eigenvalue weighted by molar-refractivity contribution is -0.120. The number of nitrogens with zero attached hydrogens (tertiary/aromatic N) is 1. The van der Waals surface area contributed by atoms with Crippen LogP contribution in [0.5, 0.6) is 0 Å². The lowest BCUT2D eigenvalue weighted by Gasteiger charge is -2.20. The van der Waals surface area contributed by atoms with Gasteiger partial charge in [0.1, 0.15) is 0 Å². The van der Waals surface area contributed by atoms with E-state index in [9.17, 15) is 9.90 Å². The van der Waals surface area contributed by atoms with Crippen molar-refractivity contribution in [2.45, 2.75) is 71.8 Å². The van der Waals surface area contributed by atoms with Gasteiger partial charge in [-0.05, 0) is 56.2 Å². The van der Waals surface area contributed by atoms with Gasteiger partial charge in [0.25, 0.3) is 0 Å². The van der Waals surface area contributed by atoms with Gasteiger partial charge in [-0.15, -0.1) is 0 Å². The third-order valence-corrected chi connectivity index (χ3v) is 5.73. The van der Waals surface area contributed by atoms with Gasteiger partial charge >= 0.3 is 0 Å². The Balaban J connectivity index is 1.92. The van der Waals surface area contributed by atoms with Gasteiger partial charge in [-0.25, -0.2) is 4.99 Å². The maximum Gasteiger partial charge on any atom is 0.227 e. The third kappa shape index (κ3) is 8.74. The van der Waals surface area contributed by atoms with Gasteiger partial charge in [0.2, 0.25) is 5.91 Å². The predicted molar refractivity (Wildman–Crippen MR) is 125 cm³/mol. The van der Waals surface area contributed by atoms with Crippen LogP contribution < -0.4 is 16.0 Å². The lowest BCUT2D eigenvalue weighted by atomic mass is 9.88. The first-order valence-electron chi connectivity index (χ1n) is 11.7. The molecule has 1 aliphatic rings. The average molecular weight is 417 g/mol. The van der Waals surface area contributed by atoms with Crippen LogP contribution >= 0.6 is 0 Å². The molecule has 1 aliphatic carbocycles. The van der Waals surface area contributed by atoms with Crippen molar-refractivity contribution in [1.82, 2.24) is 10.6 Å². The van der Waals surface area contributed by atoms with Crippen molar-refractivity contribution in [3.05, 3.63) is 29.8 Å². The Kier molecular flexibility index (Phi) is 11.3. The molecule has 6 heteroatoms. The predicted octanol–water partition coefficient (Wildman–Crippen LogP) is 4.06. The summed E-state index contributed by atoms with van der Waals surface area (Å²) in [6, 6.07) is 7.97. The van der Waals surface area contributed by atoms with E-state index >= 15 is 0 Å². The van der Waals surface area contributed by atoms with E-state index in [0.29, 0.717) is 12.5 Å². The zero-order valence-corrected chi connectivity index (χ0v) is 18.8. The van der Waals surface area contributed by atoms with E-state index in [2.05, 4.69) is 29.8 Å². The third-order valence-electron chi connectivity index (χ3n) is 5.73. The molecule has 0 aliphatic heterocycles. The molecule has 0 bridgehead atoms. The first-order chi connectivity index (χ1) is 14.7. The van der Waals surface area contributed by atoms with Gasteiger partial charge in [-0.3, -0.25) is 4.79 Å². The lowest BCUT2D eigenvalue weighted by Crippen LogP contribution is -2.40. The molecule has 2 rings (SSSR count). The van der Waals surface area contributed by atoms with Crippen molar-refractivity contribution in [2.75, 3.05) is 25.0 Å². The van der Waals surface area contributed by atoms with Crippen LogP contribution in [0.15, 0.2) is 29.3 Å². The van der Waals surface area contributed by atoms with Gasteiger partial charge < -0.3 is 21.1 Å². The molecule has 0 heterocycles. The largest absolute Gasteiger partial charge is 0.396 e. The fourth-order valence-electron chi connectivity index (χ4n) is 4.05. The molecule has 0 saturated heterocycles. The Morgan fingerprint density at radius 1 is 1.17 bits per heavy atom. The van der Waals surface area contributed by atoms with Gasteiger partial charge in [0.05, 0.1) is 6.54 Å². The number of nitrogens with one attached hydrogen (secondary N) is 3. The molecule has 1 fully saturated rings. The number of hydrogen-bond donors (Lipinski definition) is 4. The second-order valence-electron chi connectivity index (χ2n) is 8.27. The monoisotopic (exact) mass is 416 g/mol. The van der Waals surface area contributed by atoms with Crippen LogP contribution in [0, 0.1) is 11.8 Å². The Hall–Kier alpha value is -2.08. The second-order valence-corrected chi connectivity index (χ2v) is 8.27. The summed E-state index contributed by atoms with van der Waals surface area (Å²) in [5.74, 6) is 1.53. The van der Waals surface area contributed by atoms with Crippen molar-refractivity contribution in [1.29, 1.82) is 0 Å². The molecule has 4 N–H and O–H groups in total. The number of benzene rings is 1. The highest BCUT2D eigenvalue weighted by molar-refractivity contribution is 5.92. The number of carbonyl (C=O) groups is 1. The van der Waals surface area contributed by atoms with E-state index in [0.717, 1.165) is 75.2 Å². The summed E-state index contributed by atoms with van der Waals surface area (Å²) in [5, 5.41) is 19.0. The maximum absolute atomic E-state index is 12.5. The first-order valence-corrected chi connectivity index (χ1v) is 11.7. The molecule has 6 nitrogen and oxygen atoms in total. The van der Waals surface area contributed by atoms with Gasteiger partial charge in [0, 0.05) is 31.3 Å². The zero-order valence-electron chi connectivity index (χ0n) is 18.8. The molecule has 1 aromatic rings. The zero-order chi connectivity index (χ0) is 21.6. The summed E-state index contributed by atoms with van der Waals surface area (Å²) in [6.07, 6.45) is 8.58. The number of amides is 1. The first kappa shape index (κ1) is 24.2. The summed E-state index contributed by atoms with van der Waals surface area (Å²) in [5.41, 5.74) is 1.91. The van der Waals surface area contributed by atoms with E-state index in [1.165, 1.54) is 6.42 Å². The minimum Gasteiger partial charge on any atom is -0.396 e. The fourth-order valence-corrected chi connectivity index (χ4v) is 4.05. The molecule has 0 radical (unpaired) electrons. The van der Waals surface area contributed by atoms with Gasteiger partial charge in [0.15, 0.2) is 5.96 Å². The molecule has 30 heavy (non-hydrogen) atoms. The molecular formula is C24H40N4O2. The van der Waals surface area contributed by atoms with E-state index < -0.39 is 0 Å². The highest BCUT2D eigenvalue weighted by atomic mass is 16.3. The second kappa shape index (κ2) is 14.0. The number of hydrogen-bond acceptors (Lipinski definition) is 3. The normalized spacial score (nSPS) is 16.2. The van der Waals surface area contributed by atoms with Gasteiger partial charge in [-0.2, -0.15) is 0 Å². The molecular weight excluding hydrogens is 376 g/mol. The Morgan fingerprint density at radius 3 is 2.67 bits per heavy atom. The quantitative estimate of drug-likeness (QED) is 0.324. The van der Waals surface area contributed by atoms with Crippen LogP contribution in [0.1, 0.15) is 70.8 Å². The smallest absolute Gasteiger partial charge is 0.227 e. The minimum absolute atomic E-state index is 0.149. The molecule has 168 valence electrons. The molecule has 1 saturated carbocycles. The fraction of sp³-hybridized carbons (Fsp3) is 0.667. The SMILES string of the molecule is CCCC(CCO)CNC(=NCc1cccc(NC(=O)C2CCCCC2)c1)NCC. The highest BCUT2D eigenvalue weighted by Gasteiger charge is 2.21. The number of aliphatic imine (C=N–C) groups is 1. The van der Waals surface area contributed by atoms with E-state index in [1.807, 2.05) is 24.3 Å². The number of aliphatic hydroxyl groups excluding tert-OH is 1. The molecule has 0 spiro atoms. The number of rotatable bonds is 11. The highest BCUT2D eigenvalue weighted by Crippen LogP contribution is 2.25. The Labute approximate surface area is 181 Å². The van der Waals surface area contributed by atoms with Crippen LogP contribution in [0.3, 0.4) is 0 Å². The topological polar surface area (TPSA) is 85.8 Å². The van der Waals surface area contributed by atoms with E-state index in [4.69, 9.17) is 4.99 Å². The Morgan fingerprint density at radius 2 is 1.97 bits per heavy atom. The molecule has 1 amide bonds.